The molecule has 1 atom stereocenters. The van der Waals surface area contributed by atoms with Crippen LogP contribution in [0.2, 0.25) is 5.02 Å². The molecule has 0 bridgehead atoms. The third-order valence-corrected chi connectivity index (χ3v) is 4.85. The molecule has 1 unspecified atom stereocenters. The van der Waals surface area contributed by atoms with E-state index in [0.717, 1.165) is 10.6 Å². The topological polar surface area (TPSA) is 75.7 Å². The molecule has 0 aliphatic carbocycles. The van der Waals surface area contributed by atoms with E-state index in [2.05, 4.69) is 5.32 Å². The Labute approximate surface area is 142 Å². The fourth-order valence-electron chi connectivity index (χ4n) is 1.84. The second-order valence-electron chi connectivity index (χ2n) is 5.69. The van der Waals surface area contributed by atoms with Crippen LogP contribution in [0.15, 0.2) is 18.2 Å². The monoisotopic (exact) mass is 362 g/mol. The largest absolute Gasteiger partial charge is 0.495 e. The number of nitrogens with zero attached hydrogens (tertiary/aromatic N) is 1. The number of carbonyl (C=O) groups is 1. The third-order valence-electron chi connectivity index (χ3n) is 3.49. The van der Waals surface area contributed by atoms with E-state index in [1.807, 2.05) is 20.8 Å². The minimum absolute atomic E-state index is 0.0647. The van der Waals surface area contributed by atoms with Gasteiger partial charge in [-0.1, -0.05) is 25.4 Å². The van der Waals surface area contributed by atoms with Crippen molar-refractivity contribution in [2.45, 2.75) is 26.8 Å². The van der Waals surface area contributed by atoms with Crippen molar-refractivity contribution >= 4 is 33.2 Å². The maximum absolute atomic E-state index is 12.2. The number of hydrogen-bond acceptors (Lipinski definition) is 4. The number of anilines is 1. The maximum atomic E-state index is 12.2. The van der Waals surface area contributed by atoms with E-state index in [4.69, 9.17) is 16.3 Å². The summed E-state index contributed by atoms with van der Waals surface area (Å²) in [6.07, 6.45) is 1.03. The van der Waals surface area contributed by atoms with Gasteiger partial charge in [0.05, 0.1) is 19.1 Å². The summed E-state index contributed by atoms with van der Waals surface area (Å²) in [6, 6.07) is 4.54. The predicted octanol–water partition coefficient (Wildman–Crippen LogP) is 2.28. The molecule has 0 aromatic heterocycles. The van der Waals surface area contributed by atoms with E-state index in [9.17, 15) is 13.2 Å². The molecule has 1 N–H and O–H groups in total. The van der Waals surface area contributed by atoms with Crippen molar-refractivity contribution in [3.05, 3.63) is 23.2 Å². The Hall–Kier alpha value is -1.47. The molecular weight excluding hydrogens is 340 g/mol. The van der Waals surface area contributed by atoms with Crippen LogP contribution in [-0.4, -0.2) is 40.3 Å². The van der Waals surface area contributed by atoms with Crippen molar-refractivity contribution in [3.8, 4) is 5.75 Å². The van der Waals surface area contributed by atoms with Gasteiger partial charge in [-0.2, -0.15) is 0 Å². The average Bonchev–Trinajstić information content (AvgIpc) is 2.43. The maximum Gasteiger partial charge on any atom is 0.240 e. The first-order valence-corrected chi connectivity index (χ1v) is 9.39. The number of benzene rings is 1. The van der Waals surface area contributed by atoms with Crippen molar-refractivity contribution < 1.29 is 17.9 Å². The van der Waals surface area contributed by atoms with Crippen LogP contribution in [0.1, 0.15) is 20.8 Å². The first-order valence-electron chi connectivity index (χ1n) is 7.17. The predicted molar refractivity (Wildman–Crippen MR) is 92.6 cm³/mol. The Morgan fingerprint density at radius 3 is 2.43 bits per heavy atom. The SMILES string of the molecule is COc1ccc(Cl)cc1N(CC(=O)NC(C)C(C)C)S(C)(=O)=O. The van der Waals surface area contributed by atoms with Crippen LogP contribution in [0.5, 0.6) is 5.75 Å². The van der Waals surface area contributed by atoms with Crippen LogP contribution < -0.4 is 14.4 Å². The molecule has 0 aliphatic rings. The number of methoxy groups -OCH3 is 1. The van der Waals surface area contributed by atoms with Crippen LogP contribution >= 0.6 is 11.6 Å². The number of amides is 1. The molecule has 130 valence electrons. The molecule has 0 saturated heterocycles. The molecular formula is C15H23ClN2O4S. The van der Waals surface area contributed by atoms with Crippen molar-refractivity contribution in [3.63, 3.8) is 0 Å². The highest BCUT2D eigenvalue weighted by atomic mass is 35.5. The minimum Gasteiger partial charge on any atom is -0.495 e. The lowest BCUT2D eigenvalue weighted by Gasteiger charge is -2.25. The van der Waals surface area contributed by atoms with Crippen LogP contribution in [-0.2, 0) is 14.8 Å². The smallest absolute Gasteiger partial charge is 0.240 e. The number of hydrogen-bond donors (Lipinski definition) is 1. The summed E-state index contributed by atoms with van der Waals surface area (Å²) < 4.78 is 30.4. The Bertz CT molecular complexity index is 661. The Kier molecular flexibility index (Phi) is 6.70. The van der Waals surface area contributed by atoms with Gasteiger partial charge in [-0.05, 0) is 31.0 Å². The minimum atomic E-state index is -3.68. The first kappa shape index (κ1) is 19.6. The lowest BCUT2D eigenvalue weighted by molar-refractivity contribution is -0.120. The summed E-state index contributed by atoms with van der Waals surface area (Å²) in [6.45, 7) is 5.47. The van der Waals surface area contributed by atoms with Crippen molar-refractivity contribution in [1.29, 1.82) is 0 Å². The average molecular weight is 363 g/mol. The van der Waals surface area contributed by atoms with Crippen LogP contribution in [0.25, 0.3) is 0 Å². The Morgan fingerprint density at radius 2 is 1.96 bits per heavy atom. The number of nitrogens with one attached hydrogen (secondary N) is 1. The highest BCUT2D eigenvalue weighted by Crippen LogP contribution is 2.32. The number of sulfonamides is 1. The van der Waals surface area contributed by atoms with Crippen molar-refractivity contribution in [1.82, 2.24) is 5.32 Å². The molecule has 6 nitrogen and oxygen atoms in total. The molecule has 0 fully saturated rings. The van der Waals surface area contributed by atoms with E-state index in [0.29, 0.717) is 10.8 Å². The van der Waals surface area contributed by atoms with Gasteiger partial charge in [0.15, 0.2) is 0 Å². The normalized spacial score (nSPS) is 12.8. The van der Waals surface area contributed by atoms with Gasteiger partial charge in [0, 0.05) is 11.1 Å². The molecule has 1 amide bonds. The van der Waals surface area contributed by atoms with E-state index < -0.39 is 15.9 Å². The van der Waals surface area contributed by atoms with Crippen LogP contribution in [0, 0.1) is 5.92 Å². The molecule has 0 heterocycles. The zero-order chi connectivity index (χ0) is 17.8. The molecule has 1 aromatic carbocycles. The summed E-state index contributed by atoms with van der Waals surface area (Å²) in [5.74, 6) is 0.175. The quantitative estimate of drug-likeness (QED) is 0.807. The summed E-state index contributed by atoms with van der Waals surface area (Å²) in [5.41, 5.74) is 0.231. The van der Waals surface area contributed by atoms with Crippen molar-refractivity contribution in [2.24, 2.45) is 5.92 Å². The van der Waals surface area contributed by atoms with Gasteiger partial charge >= 0.3 is 0 Å². The molecule has 23 heavy (non-hydrogen) atoms. The molecule has 1 aromatic rings. The number of rotatable bonds is 7. The van der Waals surface area contributed by atoms with Gasteiger partial charge in [-0.15, -0.1) is 0 Å². The van der Waals surface area contributed by atoms with E-state index in [1.54, 1.807) is 12.1 Å². The third kappa shape index (κ3) is 5.58. The van der Waals surface area contributed by atoms with Gasteiger partial charge in [0.1, 0.15) is 12.3 Å². The molecule has 0 aliphatic heterocycles. The second-order valence-corrected chi connectivity index (χ2v) is 8.03. The standard InChI is InChI=1S/C15H23ClN2O4S/c1-10(2)11(3)17-15(19)9-18(23(5,20)21)13-8-12(16)6-7-14(13)22-4/h6-8,10-11H,9H2,1-5H3,(H,17,19). The van der Waals surface area contributed by atoms with Crippen LogP contribution in [0.4, 0.5) is 5.69 Å². The van der Waals surface area contributed by atoms with Gasteiger partial charge in [-0.25, -0.2) is 8.42 Å². The molecule has 0 saturated carbocycles. The van der Waals surface area contributed by atoms with E-state index in [1.165, 1.54) is 13.2 Å². The molecule has 1 rings (SSSR count). The number of carbonyl (C=O) groups excluding carboxylic acids is 1. The summed E-state index contributed by atoms with van der Waals surface area (Å²) >= 11 is 5.95. The molecule has 8 heteroatoms. The fraction of sp³-hybridized carbons (Fsp3) is 0.533. The van der Waals surface area contributed by atoms with Gasteiger partial charge < -0.3 is 10.1 Å². The Balaban J connectivity index is 3.13. The fourth-order valence-corrected chi connectivity index (χ4v) is 2.85. The highest BCUT2D eigenvalue weighted by Gasteiger charge is 2.25. The summed E-state index contributed by atoms with van der Waals surface area (Å²) in [7, 11) is -2.26. The molecule has 0 spiro atoms. The van der Waals surface area contributed by atoms with Gasteiger partial charge in [-0.3, -0.25) is 9.10 Å². The summed E-state index contributed by atoms with van der Waals surface area (Å²) in [5, 5.41) is 3.14. The first-order chi connectivity index (χ1) is 10.6. The van der Waals surface area contributed by atoms with Gasteiger partial charge in [0.25, 0.3) is 0 Å². The number of halogens is 1. The van der Waals surface area contributed by atoms with Crippen LogP contribution in [0.3, 0.4) is 0 Å². The lowest BCUT2D eigenvalue weighted by atomic mass is 10.1. The zero-order valence-electron chi connectivity index (χ0n) is 14.0. The molecule has 0 radical (unpaired) electrons. The van der Waals surface area contributed by atoms with E-state index >= 15 is 0 Å². The lowest BCUT2D eigenvalue weighted by Crippen LogP contribution is -2.44. The highest BCUT2D eigenvalue weighted by molar-refractivity contribution is 7.92. The number of ether oxygens (including phenoxy) is 1. The van der Waals surface area contributed by atoms with Crippen molar-refractivity contribution in [2.75, 3.05) is 24.2 Å². The van der Waals surface area contributed by atoms with Gasteiger partial charge in [0.2, 0.25) is 15.9 Å². The Morgan fingerprint density at radius 1 is 1.35 bits per heavy atom. The van der Waals surface area contributed by atoms with E-state index in [-0.39, 0.29) is 24.2 Å². The summed E-state index contributed by atoms with van der Waals surface area (Å²) in [4.78, 5) is 12.2. The zero-order valence-corrected chi connectivity index (χ0v) is 15.5. The second kappa shape index (κ2) is 7.88.